The summed E-state index contributed by atoms with van der Waals surface area (Å²) in [5, 5.41) is 0. The normalized spacial score (nSPS) is 20.2. The first-order valence-electron chi connectivity index (χ1n) is 10.7. The molecule has 162 valence electrons. The second-order valence-electron chi connectivity index (χ2n) is 8.34. The molecule has 2 fully saturated rings. The number of likely N-dealkylation sites (tertiary alicyclic amines) is 1. The maximum Gasteiger partial charge on any atom is 0.253 e. The Bertz CT molecular complexity index is 991. The van der Waals surface area contributed by atoms with Crippen LogP contribution in [0, 0.1) is 6.92 Å². The zero-order valence-electron chi connectivity index (χ0n) is 17.6. The Labute approximate surface area is 186 Å². The molecule has 2 aromatic rings. The van der Waals surface area contributed by atoms with E-state index in [4.69, 9.17) is 9.47 Å². The largest absolute Gasteiger partial charge is 0.347 e. The smallest absolute Gasteiger partial charge is 0.253 e. The van der Waals surface area contributed by atoms with Crippen molar-refractivity contribution < 1.29 is 19.1 Å². The van der Waals surface area contributed by atoms with Gasteiger partial charge in [-0.15, -0.1) is 11.8 Å². The molecule has 3 aliphatic heterocycles. The van der Waals surface area contributed by atoms with Crippen molar-refractivity contribution in [2.75, 3.05) is 37.0 Å². The summed E-state index contributed by atoms with van der Waals surface area (Å²) in [4.78, 5) is 30.6. The molecule has 6 nitrogen and oxygen atoms in total. The second kappa shape index (κ2) is 8.30. The van der Waals surface area contributed by atoms with Crippen LogP contribution in [0.4, 0.5) is 5.69 Å². The third-order valence-electron chi connectivity index (χ3n) is 6.24. The summed E-state index contributed by atoms with van der Waals surface area (Å²) in [5.74, 6) is -0.0203. The number of rotatable bonds is 3. The van der Waals surface area contributed by atoms with Crippen LogP contribution in [0.2, 0.25) is 0 Å². The molecule has 0 radical (unpaired) electrons. The van der Waals surface area contributed by atoms with Crippen LogP contribution in [-0.4, -0.2) is 54.6 Å². The van der Waals surface area contributed by atoms with Gasteiger partial charge >= 0.3 is 0 Å². The summed E-state index contributed by atoms with van der Waals surface area (Å²) in [6.45, 7) is 5.02. The van der Waals surface area contributed by atoms with Gasteiger partial charge in [-0.05, 0) is 30.7 Å². The number of anilines is 1. The van der Waals surface area contributed by atoms with Crippen LogP contribution in [0.3, 0.4) is 0 Å². The first kappa shape index (κ1) is 20.5. The van der Waals surface area contributed by atoms with Crippen LogP contribution in [0.25, 0.3) is 0 Å². The number of fused-ring (bicyclic) bond motifs is 1. The van der Waals surface area contributed by atoms with Gasteiger partial charge in [-0.25, -0.2) is 0 Å². The van der Waals surface area contributed by atoms with Crippen LogP contribution in [0.5, 0.6) is 0 Å². The molecule has 0 unspecified atom stereocenters. The zero-order chi connectivity index (χ0) is 21.4. The van der Waals surface area contributed by atoms with Crippen molar-refractivity contribution >= 4 is 29.3 Å². The molecule has 3 heterocycles. The maximum absolute atomic E-state index is 13.2. The first-order chi connectivity index (χ1) is 15.0. The first-order valence-corrected chi connectivity index (χ1v) is 11.7. The van der Waals surface area contributed by atoms with Crippen LogP contribution in [-0.2, 0) is 20.8 Å². The number of carbonyl (C=O) groups excluding carboxylic acids is 2. The van der Waals surface area contributed by atoms with E-state index in [9.17, 15) is 9.59 Å². The molecular formula is C24H26N2O4S. The highest BCUT2D eigenvalue weighted by molar-refractivity contribution is 8.00. The fourth-order valence-electron chi connectivity index (χ4n) is 4.40. The standard InChI is InChI=1S/C24H26N2O4S/c1-17-2-4-18(5-3-17)15-26-20-14-19(6-7-21(20)31-16-22(26)27)23(28)25-10-8-24(9-11-25)29-12-13-30-24/h2-7,14H,8-13,15-16H2,1H3. The van der Waals surface area contributed by atoms with E-state index in [1.165, 1.54) is 17.3 Å². The number of amides is 2. The molecule has 7 heteroatoms. The molecule has 0 aliphatic carbocycles. The number of piperidine rings is 1. The summed E-state index contributed by atoms with van der Waals surface area (Å²) in [6.07, 6.45) is 1.38. The van der Waals surface area contributed by atoms with E-state index >= 15 is 0 Å². The Morgan fingerprint density at radius 1 is 1.06 bits per heavy atom. The fourth-order valence-corrected chi connectivity index (χ4v) is 5.32. The Hall–Kier alpha value is -2.35. The molecule has 2 aromatic carbocycles. The minimum Gasteiger partial charge on any atom is -0.347 e. The lowest BCUT2D eigenvalue weighted by atomic mass is 10.0. The minimum absolute atomic E-state index is 0.00560. The van der Waals surface area contributed by atoms with Crippen LogP contribution in [0.15, 0.2) is 47.4 Å². The number of hydrogen-bond acceptors (Lipinski definition) is 5. The number of benzene rings is 2. The summed E-state index contributed by atoms with van der Waals surface area (Å²) in [5.41, 5.74) is 3.71. The quantitative estimate of drug-likeness (QED) is 0.733. The van der Waals surface area contributed by atoms with Crippen LogP contribution < -0.4 is 4.90 Å². The highest BCUT2D eigenvalue weighted by Crippen LogP contribution is 2.38. The van der Waals surface area contributed by atoms with Crippen LogP contribution in [0.1, 0.15) is 34.3 Å². The summed E-state index contributed by atoms with van der Waals surface area (Å²) in [6, 6.07) is 13.9. The van der Waals surface area contributed by atoms with Gasteiger partial charge < -0.3 is 19.3 Å². The second-order valence-corrected chi connectivity index (χ2v) is 9.35. The third kappa shape index (κ3) is 4.10. The van der Waals surface area contributed by atoms with E-state index in [0.29, 0.717) is 57.0 Å². The van der Waals surface area contributed by atoms with Crippen molar-refractivity contribution in [1.82, 2.24) is 4.90 Å². The molecular weight excluding hydrogens is 412 g/mol. The van der Waals surface area contributed by atoms with Gasteiger partial charge in [0.25, 0.3) is 5.91 Å². The van der Waals surface area contributed by atoms with Gasteiger partial charge in [0.15, 0.2) is 5.79 Å². The lowest BCUT2D eigenvalue weighted by Crippen LogP contribution is -2.47. The van der Waals surface area contributed by atoms with Gasteiger partial charge in [-0.1, -0.05) is 29.8 Å². The predicted molar refractivity (Wildman–Crippen MR) is 119 cm³/mol. The molecule has 0 atom stereocenters. The number of hydrogen-bond donors (Lipinski definition) is 0. The average Bonchev–Trinajstić information content (AvgIpc) is 3.24. The Balaban J connectivity index is 1.36. The number of nitrogens with zero attached hydrogens (tertiary/aromatic N) is 2. The van der Waals surface area contributed by atoms with Gasteiger partial charge in [0.05, 0.1) is 31.2 Å². The molecule has 1 spiro atoms. The van der Waals surface area contributed by atoms with Crippen LogP contribution >= 0.6 is 11.8 Å². The van der Waals surface area contributed by atoms with Gasteiger partial charge in [-0.3, -0.25) is 9.59 Å². The molecule has 2 amide bonds. The van der Waals surface area contributed by atoms with Crippen molar-refractivity contribution in [2.45, 2.75) is 37.0 Å². The molecule has 5 rings (SSSR count). The SMILES string of the molecule is Cc1ccc(CN2C(=O)CSc3ccc(C(=O)N4CCC5(CC4)OCCO5)cc32)cc1. The number of aryl methyl sites for hydroxylation is 1. The highest BCUT2D eigenvalue weighted by atomic mass is 32.2. The average molecular weight is 439 g/mol. The van der Waals surface area contributed by atoms with E-state index in [1.54, 1.807) is 4.90 Å². The van der Waals surface area contributed by atoms with Gasteiger partial charge in [0.2, 0.25) is 5.91 Å². The molecule has 0 N–H and O–H groups in total. The van der Waals surface area contributed by atoms with Gasteiger partial charge in [-0.2, -0.15) is 0 Å². The zero-order valence-corrected chi connectivity index (χ0v) is 18.5. The highest BCUT2D eigenvalue weighted by Gasteiger charge is 2.41. The van der Waals surface area contributed by atoms with E-state index in [1.807, 2.05) is 30.0 Å². The lowest BCUT2D eigenvalue weighted by Gasteiger charge is -2.37. The minimum atomic E-state index is -0.499. The van der Waals surface area contributed by atoms with E-state index in [2.05, 4.69) is 24.3 Å². The molecule has 31 heavy (non-hydrogen) atoms. The Morgan fingerprint density at radius 3 is 2.48 bits per heavy atom. The Kier molecular flexibility index (Phi) is 5.50. The summed E-state index contributed by atoms with van der Waals surface area (Å²) in [7, 11) is 0. The number of thioether (sulfide) groups is 1. The monoisotopic (exact) mass is 438 g/mol. The van der Waals surface area contributed by atoms with Gasteiger partial charge in [0, 0.05) is 36.4 Å². The van der Waals surface area contributed by atoms with Crippen molar-refractivity contribution in [3.05, 3.63) is 59.2 Å². The van der Waals surface area contributed by atoms with Crippen molar-refractivity contribution in [3.63, 3.8) is 0 Å². The molecule has 0 bridgehead atoms. The predicted octanol–water partition coefficient (Wildman–Crippen LogP) is 3.61. The maximum atomic E-state index is 13.2. The number of carbonyl (C=O) groups is 2. The molecule has 2 saturated heterocycles. The molecule has 0 saturated carbocycles. The van der Waals surface area contributed by atoms with Crippen molar-refractivity contribution in [3.8, 4) is 0 Å². The fraction of sp³-hybridized carbons (Fsp3) is 0.417. The third-order valence-corrected chi connectivity index (χ3v) is 7.28. The lowest BCUT2D eigenvalue weighted by molar-refractivity contribution is -0.181. The van der Waals surface area contributed by atoms with E-state index < -0.39 is 5.79 Å². The summed E-state index contributed by atoms with van der Waals surface area (Å²) < 4.78 is 11.5. The van der Waals surface area contributed by atoms with E-state index in [0.717, 1.165) is 16.1 Å². The van der Waals surface area contributed by atoms with Crippen molar-refractivity contribution in [2.24, 2.45) is 0 Å². The topological polar surface area (TPSA) is 59.1 Å². The van der Waals surface area contributed by atoms with E-state index in [-0.39, 0.29) is 11.8 Å². The molecule has 0 aromatic heterocycles. The Morgan fingerprint density at radius 2 is 1.77 bits per heavy atom. The molecule has 3 aliphatic rings. The van der Waals surface area contributed by atoms with Gasteiger partial charge in [0.1, 0.15) is 0 Å². The summed E-state index contributed by atoms with van der Waals surface area (Å²) >= 11 is 1.53. The van der Waals surface area contributed by atoms with Crippen molar-refractivity contribution in [1.29, 1.82) is 0 Å². The number of ether oxygens (including phenoxy) is 2.